The number of para-hydroxylation sites is 1. The highest BCUT2D eigenvalue weighted by Gasteiger charge is 2.17. The molecule has 0 bridgehead atoms. The average Bonchev–Trinajstić information content (AvgIpc) is 3.11. The van der Waals surface area contributed by atoms with Gasteiger partial charge in [0.25, 0.3) is 5.91 Å². The van der Waals surface area contributed by atoms with Gasteiger partial charge in [-0.1, -0.05) is 24.3 Å². The topological polar surface area (TPSA) is 68.3 Å². The summed E-state index contributed by atoms with van der Waals surface area (Å²) in [5.74, 6) is -1.07. The van der Waals surface area contributed by atoms with Gasteiger partial charge in [-0.2, -0.15) is 0 Å². The van der Waals surface area contributed by atoms with E-state index in [0.29, 0.717) is 19.4 Å². The van der Waals surface area contributed by atoms with Crippen molar-refractivity contribution in [2.75, 3.05) is 6.54 Å². The molecule has 0 spiro atoms. The van der Waals surface area contributed by atoms with Crippen molar-refractivity contribution in [2.45, 2.75) is 32.3 Å². The molecule has 0 aliphatic heterocycles. The molecule has 3 rings (SSSR count). The Morgan fingerprint density at radius 1 is 1.14 bits per heavy atom. The number of aromatic nitrogens is 1. The third-order valence-corrected chi connectivity index (χ3v) is 5.28. The fourth-order valence-electron chi connectivity index (χ4n) is 2.67. The normalized spacial score (nSPS) is 11.9. The highest BCUT2D eigenvalue weighted by Crippen LogP contribution is 2.22. The third-order valence-electron chi connectivity index (χ3n) is 4.18. The van der Waals surface area contributed by atoms with E-state index in [-0.39, 0.29) is 18.1 Å². The van der Waals surface area contributed by atoms with Crippen molar-refractivity contribution in [2.24, 2.45) is 0 Å². The number of ether oxygens (including phenoxy) is 1. The van der Waals surface area contributed by atoms with E-state index in [0.717, 1.165) is 20.8 Å². The number of benzene rings is 2. The van der Waals surface area contributed by atoms with E-state index in [1.807, 2.05) is 24.3 Å². The summed E-state index contributed by atoms with van der Waals surface area (Å²) < 4.78 is 19.2. The van der Waals surface area contributed by atoms with Gasteiger partial charge in [0.2, 0.25) is 0 Å². The maximum atomic E-state index is 12.9. The molecular formula is C21H21FN2O3S. The number of nitrogens with zero attached hydrogens (tertiary/aromatic N) is 1. The van der Waals surface area contributed by atoms with Gasteiger partial charge in [-0.25, -0.2) is 9.37 Å². The molecule has 1 atom stereocenters. The first-order valence-electron chi connectivity index (χ1n) is 9.07. The molecule has 3 aromatic rings. The van der Waals surface area contributed by atoms with Crippen molar-refractivity contribution < 1.29 is 18.7 Å². The Labute approximate surface area is 166 Å². The molecule has 7 heteroatoms. The molecule has 0 saturated carbocycles. The Morgan fingerprint density at radius 3 is 2.64 bits per heavy atom. The second-order valence-corrected chi connectivity index (χ2v) is 7.49. The van der Waals surface area contributed by atoms with Gasteiger partial charge in [0, 0.05) is 13.0 Å². The molecule has 1 N–H and O–H groups in total. The first-order valence-corrected chi connectivity index (χ1v) is 9.89. The summed E-state index contributed by atoms with van der Waals surface area (Å²) >= 11 is 1.55. The highest BCUT2D eigenvalue weighted by atomic mass is 32.1. The summed E-state index contributed by atoms with van der Waals surface area (Å²) in [6, 6.07) is 13.9. The van der Waals surface area contributed by atoms with E-state index < -0.39 is 12.1 Å². The number of rotatable bonds is 8. The third kappa shape index (κ3) is 5.60. The van der Waals surface area contributed by atoms with Crippen LogP contribution in [0.5, 0.6) is 0 Å². The quantitative estimate of drug-likeness (QED) is 0.586. The summed E-state index contributed by atoms with van der Waals surface area (Å²) in [7, 11) is 0. The molecule has 0 aliphatic carbocycles. The van der Waals surface area contributed by atoms with E-state index in [4.69, 9.17) is 4.74 Å². The first-order chi connectivity index (χ1) is 13.5. The molecule has 0 saturated heterocycles. The Hall–Kier alpha value is -2.80. The van der Waals surface area contributed by atoms with E-state index in [1.165, 1.54) is 12.1 Å². The van der Waals surface area contributed by atoms with Crippen LogP contribution >= 0.6 is 11.3 Å². The van der Waals surface area contributed by atoms with Crippen LogP contribution in [0.2, 0.25) is 0 Å². The Bertz CT molecular complexity index is 923. The molecule has 0 fully saturated rings. The van der Waals surface area contributed by atoms with Gasteiger partial charge in [-0.15, -0.1) is 11.3 Å². The fourth-order valence-corrected chi connectivity index (χ4v) is 3.64. The van der Waals surface area contributed by atoms with Gasteiger partial charge in [-0.3, -0.25) is 9.59 Å². The van der Waals surface area contributed by atoms with Gasteiger partial charge in [0.15, 0.2) is 6.10 Å². The number of nitrogens with one attached hydrogen (secondary N) is 1. The van der Waals surface area contributed by atoms with Crippen LogP contribution in [0.1, 0.15) is 23.9 Å². The maximum Gasteiger partial charge on any atom is 0.306 e. The minimum Gasteiger partial charge on any atom is -0.453 e. The number of carbonyl (C=O) groups is 2. The molecule has 1 heterocycles. The number of esters is 1. The molecule has 5 nitrogen and oxygen atoms in total. The minimum absolute atomic E-state index is 0.174. The van der Waals surface area contributed by atoms with Crippen molar-refractivity contribution in [3.05, 3.63) is 64.9 Å². The molecular weight excluding hydrogens is 379 g/mol. The lowest BCUT2D eigenvalue weighted by Crippen LogP contribution is -2.36. The fraction of sp³-hybridized carbons (Fsp3) is 0.286. The number of thiazole rings is 1. The Kier molecular flexibility index (Phi) is 6.71. The number of aryl methyl sites for hydroxylation is 1. The minimum atomic E-state index is -0.865. The van der Waals surface area contributed by atoms with Crippen LogP contribution in [-0.2, 0) is 27.2 Å². The molecule has 146 valence electrons. The van der Waals surface area contributed by atoms with Crippen molar-refractivity contribution in [1.82, 2.24) is 10.3 Å². The van der Waals surface area contributed by atoms with Gasteiger partial charge >= 0.3 is 5.97 Å². The van der Waals surface area contributed by atoms with E-state index in [1.54, 1.807) is 30.4 Å². The predicted molar refractivity (Wildman–Crippen MR) is 107 cm³/mol. The number of fused-ring (bicyclic) bond motifs is 1. The predicted octanol–water partition coefficient (Wildman–Crippen LogP) is 3.66. The highest BCUT2D eigenvalue weighted by molar-refractivity contribution is 7.18. The van der Waals surface area contributed by atoms with Gasteiger partial charge in [0.1, 0.15) is 5.82 Å². The largest absolute Gasteiger partial charge is 0.453 e. The lowest BCUT2D eigenvalue weighted by Gasteiger charge is -2.13. The lowest BCUT2D eigenvalue weighted by atomic mass is 10.1. The molecule has 0 unspecified atom stereocenters. The van der Waals surface area contributed by atoms with E-state index in [2.05, 4.69) is 10.3 Å². The Balaban J connectivity index is 1.39. The summed E-state index contributed by atoms with van der Waals surface area (Å²) in [6.45, 7) is 1.93. The molecule has 2 aromatic carbocycles. The second kappa shape index (κ2) is 9.41. The zero-order chi connectivity index (χ0) is 19.9. The van der Waals surface area contributed by atoms with Crippen LogP contribution in [-0.4, -0.2) is 29.5 Å². The SMILES string of the molecule is C[C@@H](OC(=O)CCc1nc2ccccc2s1)C(=O)NCCc1ccc(F)cc1. The van der Waals surface area contributed by atoms with Crippen LogP contribution in [0.4, 0.5) is 4.39 Å². The monoisotopic (exact) mass is 400 g/mol. The number of hydrogen-bond acceptors (Lipinski definition) is 5. The molecule has 0 radical (unpaired) electrons. The smallest absolute Gasteiger partial charge is 0.306 e. The molecule has 1 amide bonds. The van der Waals surface area contributed by atoms with Crippen LogP contribution in [0.3, 0.4) is 0 Å². The zero-order valence-electron chi connectivity index (χ0n) is 15.5. The first kappa shape index (κ1) is 19.9. The summed E-state index contributed by atoms with van der Waals surface area (Å²) in [5, 5.41) is 3.59. The molecule has 1 aromatic heterocycles. The standard InChI is InChI=1S/C21H21FN2O3S/c1-14(21(26)23-13-12-15-6-8-16(22)9-7-15)27-20(25)11-10-19-24-17-4-2-3-5-18(17)28-19/h2-9,14H,10-13H2,1H3,(H,23,26)/t14-/m1/s1. The molecule has 28 heavy (non-hydrogen) atoms. The van der Waals surface area contributed by atoms with Crippen molar-refractivity contribution >= 4 is 33.4 Å². The Morgan fingerprint density at radius 2 is 1.89 bits per heavy atom. The number of hydrogen-bond donors (Lipinski definition) is 1. The average molecular weight is 400 g/mol. The van der Waals surface area contributed by atoms with E-state index >= 15 is 0 Å². The number of carbonyl (C=O) groups excluding carboxylic acids is 2. The van der Waals surface area contributed by atoms with Gasteiger partial charge < -0.3 is 10.1 Å². The second-order valence-electron chi connectivity index (χ2n) is 6.37. The molecule has 0 aliphatic rings. The summed E-state index contributed by atoms with van der Waals surface area (Å²) in [5.41, 5.74) is 1.84. The lowest BCUT2D eigenvalue weighted by molar-refractivity contribution is -0.154. The van der Waals surface area contributed by atoms with Crippen LogP contribution in [0, 0.1) is 5.82 Å². The van der Waals surface area contributed by atoms with Crippen LogP contribution in [0.15, 0.2) is 48.5 Å². The summed E-state index contributed by atoms with van der Waals surface area (Å²) in [6.07, 6.45) is 0.366. The van der Waals surface area contributed by atoms with Crippen molar-refractivity contribution in [3.8, 4) is 0 Å². The van der Waals surface area contributed by atoms with Crippen LogP contribution < -0.4 is 5.32 Å². The van der Waals surface area contributed by atoms with Crippen molar-refractivity contribution in [3.63, 3.8) is 0 Å². The van der Waals surface area contributed by atoms with Crippen LogP contribution in [0.25, 0.3) is 10.2 Å². The summed E-state index contributed by atoms with van der Waals surface area (Å²) in [4.78, 5) is 28.6. The zero-order valence-corrected chi connectivity index (χ0v) is 16.3. The van der Waals surface area contributed by atoms with Crippen molar-refractivity contribution in [1.29, 1.82) is 0 Å². The maximum absolute atomic E-state index is 12.9. The number of amides is 1. The van der Waals surface area contributed by atoms with Gasteiger partial charge in [-0.05, 0) is 43.2 Å². The van der Waals surface area contributed by atoms with E-state index in [9.17, 15) is 14.0 Å². The number of halogens is 1. The van der Waals surface area contributed by atoms with Gasteiger partial charge in [0.05, 0.1) is 21.6 Å².